The number of benzene rings is 2. The average molecular weight is 425 g/mol. The molecule has 31 heavy (non-hydrogen) atoms. The van der Waals surface area contributed by atoms with Crippen molar-refractivity contribution in [2.75, 3.05) is 18.0 Å². The van der Waals surface area contributed by atoms with Gasteiger partial charge in [0.1, 0.15) is 6.04 Å². The summed E-state index contributed by atoms with van der Waals surface area (Å²) in [5, 5.41) is 2.77. The van der Waals surface area contributed by atoms with Gasteiger partial charge >= 0.3 is 0 Å². The molecule has 7 heteroatoms. The quantitative estimate of drug-likeness (QED) is 0.540. The molecule has 0 saturated heterocycles. The van der Waals surface area contributed by atoms with Crippen LogP contribution in [0, 0.1) is 5.92 Å². The molecule has 0 spiro atoms. The van der Waals surface area contributed by atoms with Crippen molar-refractivity contribution in [3.8, 4) is 0 Å². The molecular weight excluding hydrogens is 392 g/mol. The first-order valence-corrected chi connectivity index (χ1v) is 10.7. The third kappa shape index (κ3) is 6.57. The minimum Gasteiger partial charge on any atom is -0.372 e. The summed E-state index contributed by atoms with van der Waals surface area (Å²) in [6, 6.07) is 15.1. The van der Waals surface area contributed by atoms with E-state index in [1.165, 1.54) is 0 Å². The van der Waals surface area contributed by atoms with Gasteiger partial charge in [-0.2, -0.15) is 0 Å². The topological polar surface area (TPSA) is 90.5 Å². The molecule has 0 aliphatic heterocycles. The number of nitrogens with zero attached hydrogens (tertiary/aromatic N) is 1. The first-order chi connectivity index (χ1) is 14.9. The highest BCUT2D eigenvalue weighted by Crippen LogP contribution is 2.15. The van der Waals surface area contributed by atoms with Gasteiger partial charge in [0.25, 0.3) is 17.7 Å². The normalized spacial score (nSPS) is 12.4. The second-order valence-electron chi connectivity index (χ2n) is 7.37. The summed E-state index contributed by atoms with van der Waals surface area (Å²) in [5.41, 5.74) is 6.83. The highest BCUT2D eigenvalue weighted by atomic mass is 16.2. The number of hydrogen-bond donors (Lipinski definition) is 3. The fourth-order valence-corrected chi connectivity index (χ4v) is 3.20. The van der Waals surface area contributed by atoms with Crippen molar-refractivity contribution >= 4 is 23.4 Å². The van der Waals surface area contributed by atoms with Crippen LogP contribution in [0.3, 0.4) is 0 Å². The van der Waals surface area contributed by atoms with Gasteiger partial charge < -0.3 is 10.2 Å². The molecule has 0 heterocycles. The maximum absolute atomic E-state index is 12.7. The standard InChI is InChI=1S/C24H32N4O3/c1-5-17(4)21(25-22(29)18-11-9-8-10-12-18)24(31)27-26-23(30)19-13-15-20(16-14-19)28(6-2)7-3/h8-17,21H,5-7H2,1-4H3,(H,25,29)(H,26,30)(H,27,31)/t17-,21-/m0/s1. The summed E-state index contributed by atoms with van der Waals surface area (Å²) < 4.78 is 0. The maximum atomic E-state index is 12.7. The molecule has 2 rings (SSSR count). The van der Waals surface area contributed by atoms with Gasteiger partial charge in [-0.3, -0.25) is 25.2 Å². The summed E-state index contributed by atoms with van der Waals surface area (Å²) in [5.74, 6) is -1.33. The molecule has 2 aromatic carbocycles. The lowest BCUT2D eigenvalue weighted by Gasteiger charge is -2.24. The van der Waals surface area contributed by atoms with Crippen molar-refractivity contribution in [3.63, 3.8) is 0 Å². The summed E-state index contributed by atoms with van der Waals surface area (Å²) in [7, 11) is 0. The molecule has 0 radical (unpaired) electrons. The number of nitrogens with one attached hydrogen (secondary N) is 3. The largest absolute Gasteiger partial charge is 0.372 e. The molecule has 0 aromatic heterocycles. The Kier molecular flexibility index (Phi) is 9.06. The van der Waals surface area contributed by atoms with E-state index in [4.69, 9.17) is 0 Å². The molecule has 3 amide bonds. The van der Waals surface area contributed by atoms with Crippen molar-refractivity contribution in [1.82, 2.24) is 16.2 Å². The molecule has 0 aliphatic rings. The van der Waals surface area contributed by atoms with Crippen LogP contribution in [0.25, 0.3) is 0 Å². The first-order valence-electron chi connectivity index (χ1n) is 10.7. The Balaban J connectivity index is 2.00. The molecule has 0 aliphatic carbocycles. The molecule has 3 N–H and O–H groups in total. The number of anilines is 1. The molecule has 0 saturated carbocycles. The summed E-state index contributed by atoms with van der Waals surface area (Å²) in [4.78, 5) is 39.8. The van der Waals surface area contributed by atoms with E-state index < -0.39 is 17.9 Å². The summed E-state index contributed by atoms with van der Waals surface area (Å²) in [6.07, 6.45) is 0.688. The average Bonchev–Trinajstić information content (AvgIpc) is 2.81. The molecule has 2 atom stereocenters. The molecule has 0 fully saturated rings. The van der Waals surface area contributed by atoms with Crippen LogP contribution in [0.5, 0.6) is 0 Å². The minimum atomic E-state index is -0.775. The third-order valence-corrected chi connectivity index (χ3v) is 5.38. The van der Waals surface area contributed by atoms with Crippen molar-refractivity contribution in [3.05, 3.63) is 65.7 Å². The van der Waals surface area contributed by atoms with E-state index in [0.29, 0.717) is 17.5 Å². The van der Waals surface area contributed by atoms with E-state index in [1.54, 1.807) is 36.4 Å². The summed E-state index contributed by atoms with van der Waals surface area (Å²) >= 11 is 0. The number of rotatable bonds is 9. The fourth-order valence-electron chi connectivity index (χ4n) is 3.20. The molecule has 0 bridgehead atoms. The zero-order valence-corrected chi connectivity index (χ0v) is 18.6. The summed E-state index contributed by atoms with van der Waals surface area (Å²) in [6.45, 7) is 9.72. The highest BCUT2D eigenvalue weighted by molar-refractivity contribution is 5.99. The zero-order valence-electron chi connectivity index (χ0n) is 18.6. The van der Waals surface area contributed by atoms with Crippen LogP contribution in [0.4, 0.5) is 5.69 Å². The van der Waals surface area contributed by atoms with Gasteiger partial charge in [0.15, 0.2) is 0 Å². The van der Waals surface area contributed by atoms with Crippen molar-refractivity contribution in [2.24, 2.45) is 5.92 Å². The van der Waals surface area contributed by atoms with Gasteiger partial charge in [-0.15, -0.1) is 0 Å². The van der Waals surface area contributed by atoms with Crippen molar-refractivity contribution in [1.29, 1.82) is 0 Å². The van der Waals surface area contributed by atoms with Crippen LogP contribution >= 0.6 is 0 Å². The molecular formula is C24H32N4O3. The first kappa shape index (κ1) is 23.9. The van der Waals surface area contributed by atoms with E-state index in [2.05, 4.69) is 34.9 Å². The Bertz CT molecular complexity index is 864. The SMILES string of the molecule is CC[C@H](C)[C@H](NC(=O)c1ccccc1)C(=O)NNC(=O)c1ccc(N(CC)CC)cc1. The van der Waals surface area contributed by atoms with Crippen LogP contribution < -0.4 is 21.1 Å². The highest BCUT2D eigenvalue weighted by Gasteiger charge is 2.26. The predicted molar refractivity (Wildman–Crippen MR) is 123 cm³/mol. The lowest BCUT2D eigenvalue weighted by atomic mass is 9.98. The monoisotopic (exact) mass is 424 g/mol. The number of hydrazine groups is 1. The zero-order chi connectivity index (χ0) is 22.8. The van der Waals surface area contributed by atoms with Crippen LogP contribution in [0.2, 0.25) is 0 Å². The van der Waals surface area contributed by atoms with Gasteiger partial charge in [0.05, 0.1) is 0 Å². The van der Waals surface area contributed by atoms with Crippen molar-refractivity contribution in [2.45, 2.75) is 40.2 Å². The Morgan fingerprint density at radius 1 is 0.806 bits per heavy atom. The number of amides is 3. The Labute approximate surface area is 184 Å². The van der Waals surface area contributed by atoms with Gasteiger partial charge in [-0.05, 0) is 56.2 Å². The predicted octanol–water partition coefficient (Wildman–Crippen LogP) is 3.14. The lowest BCUT2D eigenvalue weighted by Crippen LogP contribution is -2.54. The Morgan fingerprint density at radius 2 is 1.39 bits per heavy atom. The van der Waals surface area contributed by atoms with Crippen LogP contribution in [-0.2, 0) is 4.79 Å². The van der Waals surface area contributed by atoms with E-state index in [9.17, 15) is 14.4 Å². The molecule has 166 valence electrons. The second-order valence-corrected chi connectivity index (χ2v) is 7.37. The van der Waals surface area contributed by atoms with E-state index in [0.717, 1.165) is 18.8 Å². The van der Waals surface area contributed by atoms with Crippen molar-refractivity contribution < 1.29 is 14.4 Å². The minimum absolute atomic E-state index is 0.113. The Morgan fingerprint density at radius 3 is 1.94 bits per heavy atom. The van der Waals surface area contributed by atoms with Crippen LogP contribution in [-0.4, -0.2) is 36.9 Å². The second kappa shape index (κ2) is 11.7. The number of hydrogen-bond acceptors (Lipinski definition) is 4. The van der Waals surface area contributed by atoms with Gasteiger partial charge in [0.2, 0.25) is 0 Å². The Hall–Kier alpha value is -3.35. The fraction of sp³-hybridized carbons (Fsp3) is 0.375. The van der Waals surface area contributed by atoms with Gasteiger partial charge in [-0.25, -0.2) is 0 Å². The van der Waals surface area contributed by atoms with Gasteiger partial charge in [-0.1, -0.05) is 38.5 Å². The molecule has 7 nitrogen and oxygen atoms in total. The maximum Gasteiger partial charge on any atom is 0.269 e. The number of carbonyl (C=O) groups excluding carboxylic acids is 3. The molecule has 0 unspecified atom stereocenters. The van der Waals surface area contributed by atoms with E-state index in [-0.39, 0.29) is 11.8 Å². The van der Waals surface area contributed by atoms with Crippen LogP contribution in [0.15, 0.2) is 54.6 Å². The van der Waals surface area contributed by atoms with Crippen LogP contribution in [0.1, 0.15) is 54.8 Å². The third-order valence-electron chi connectivity index (χ3n) is 5.38. The molecule has 2 aromatic rings. The smallest absolute Gasteiger partial charge is 0.269 e. The van der Waals surface area contributed by atoms with E-state index in [1.807, 2.05) is 32.0 Å². The number of carbonyl (C=O) groups is 3. The lowest BCUT2D eigenvalue weighted by molar-refractivity contribution is -0.124. The van der Waals surface area contributed by atoms with E-state index >= 15 is 0 Å². The van der Waals surface area contributed by atoms with Gasteiger partial charge in [0, 0.05) is 29.9 Å².